The number of carbonyl (C=O) groups is 3. The standard InChI is InChI=1S/C30H37N9O4/c1-4-6-13-43-25-17-20(28(33)41)15-21(31)26(25)34-11-7-8-12-38-23-10-9-19(27(32)40)16-22(23)35-30(38)36-29(42)24-14-18(3)37-39(24)5-2/h7-10,14-17,34H,4-6,11-13,31H2,1-3H3,(H2,32,40)(H2,33,41)(H,35,36,42)/b8-7+. The van der Waals surface area contributed by atoms with Crippen molar-refractivity contribution < 1.29 is 19.1 Å². The summed E-state index contributed by atoms with van der Waals surface area (Å²) in [6, 6.07) is 9.76. The maximum absolute atomic E-state index is 13.2. The minimum atomic E-state index is -0.592. The molecule has 0 aliphatic carbocycles. The van der Waals surface area contributed by atoms with E-state index in [1.807, 2.05) is 30.6 Å². The molecule has 0 aliphatic rings. The Labute approximate surface area is 249 Å². The molecule has 3 amide bonds. The first kappa shape index (κ1) is 30.6. The van der Waals surface area contributed by atoms with Crippen molar-refractivity contribution in [2.45, 2.75) is 46.7 Å². The molecule has 2 aromatic carbocycles. The quantitative estimate of drug-likeness (QED) is 0.0839. The predicted octanol–water partition coefficient (Wildman–Crippen LogP) is 3.44. The van der Waals surface area contributed by atoms with Crippen LogP contribution >= 0.6 is 0 Å². The SMILES string of the molecule is CCCCOc1cc(C(N)=O)cc(N)c1NC/C=C/Cn1c(NC(=O)c2cc(C)nn2CC)nc2cc(C(N)=O)ccc21. The van der Waals surface area contributed by atoms with Gasteiger partial charge in [-0.25, -0.2) is 4.98 Å². The molecule has 4 aromatic rings. The van der Waals surface area contributed by atoms with Gasteiger partial charge >= 0.3 is 0 Å². The van der Waals surface area contributed by atoms with Gasteiger partial charge in [0.15, 0.2) is 0 Å². The monoisotopic (exact) mass is 587 g/mol. The second-order valence-electron chi connectivity index (χ2n) is 9.91. The van der Waals surface area contributed by atoms with Crippen LogP contribution in [0.2, 0.25) is 0 Å². The summed E-state index contributed by atoms with van der Waals surface area (Å²) >= 11 is 0. The van der Waals surface area contributed by atoms with Crippen molar-refractivity contribution >= 4 is 46.1 Å². The van der Waals surface area contributed by atoms with E-state index in [9.17, 15) is 14.4 Å². The smallest absolute Gasteiger partial charge is 0.276 e. The Morgan fingerprint density at radius 1 is 1.02 bits per heavy atom. The number of nitrogens with two attached hydrogens (primary N) is 3. The van der Waals surface area contributed by atoms with Crippen LogP contribution in [0.15, 0.2) is 48.6 Å². The number of fused-ring (bicyclic) bond motifs is 1. The Kier molecular flexibility index (Phi) is 9.65. The lowest BCUT2D eigenvalue weighted by Crippen LogP contribution is -2.19. The van der Waals surface area contributed by atoms with E-state index in [1.54, 1.807) is 35.0 Å². The third-order valence-corrected chi connectivity index (χ3v) is 6.72. The first-order valence-corrected chi connectivity index (χ1v) is 14.0. The molecule has 0 aliphatic heterocycles. The van der Waals surface area contributed by atoms with Crippen LogP contribution in [-0.2, 0) is 13.1 Å². The lowest BCUT2D eigenvalue weighted by molar-refractivity contribution is 0.0991. The number of allylic oxidation sites excluding steroid dienone is 1. The second kappa shape index (κ2) is 13.6. The van der Waals surface area contributed by atoms with Crippen LogP contribution in [0.3, 0.4) is 0 Å². The van der Waals surface area contributed by atoms with Gasteiger partial charge < -0.3 is 31.8 Å². The number of hydrogen-bond acceptors (Lipinski definition) is 8. The molecule has 8 N–H and O–H groups in total. The molecule has 226 valence electrons. The van der Waals surface area contributed by atoms with Crippen molar-refractivity contribution in [3.63, 3.8) is 0 Å². The van der Waals surface area contributed by atoms with Crippen LogP contribution < -0.4 is 32.6 Å². The molecule has 0 radical (unpaired) electrons. The van der Waals surface area contributed by atoms with Gasteiger partial charge in [-0.05, 0) is 56.7 Å². The summed E-state index contributed by atoms with van der Waals surface area (Å²) < 4.78 is 9.32. The van der Waals surface area contributed by atoms with Crippen molar-refractivity contribution in [2.75, 3.05) is 29.5 Å². The summed E-state index contributed by atoms with van der Waals surface area (Å²) in [5.74, 6) is -0.764. The Balaban J connectivity index is 1.56. The summed E-state index contributed by atoms with van der Waals surface area (Å²) in [6.45, 7) is 7.53. The fraction of sp³-hybridized carbons (Fsp3) is 0.300. The van der Waals surface area contributed by atoms with Crippen LogP contribution in [0.25, 0.3) is 11.0 Å². The summed E-state index contributed by atoms with van der Waals surface area (Å²) in [5.41, 5.74) is 21.0. The molecule has 13 heteroatoms. The van der Waals surface area contributed by atoms with Crippen LogP contribution in [0.5, 0.6) is 5.75 Å². The fourth-order valence-electron chi connectivity index (χ4n) is 4.53. The first-order chi connectivity index (χ1) is 20.6. The molecule has 4 rings (SSSR count). The number of hydrogen-bond donors (Lipinski definition) is 5. The van der Waals surface area contributed by atoms with Crippen molar-refractivity contribution in [1.29, 1.82) is 0 Å². The molecule has 0 unspecified atom stereocenters. The van der Waals surface area contributed by atoms with Gasteiger partial charge in [-0.3, -0.25) is 24.4 Å². The Bertz CT molecular complexity index is 1690. The highest BCUT2D eigenvalue weighted by Gasteiger charge is 2.19. The van der Waals surface area contributed by atoms with E-state index in [-0.39, 0.29) is 11.5 Å². The van der Waals surface area contributed by atoms with Gasteiger partial charge in [0.2, 0.25) is 17.8 Å². The molecule has 43 heavy (non-hydrogen) atoms. The molecular formula is C30H37N9O4. The Hall–Kier alpha value is -5.33. The van der Waals surface area contributed by atoms with Crippen LogP contribution in [0.1, 0.15) is 63.6 Å². The zero-order valence-corrected chi connectivity index (χ0v) is 24.5. The average molecular weight is 588 g/mol. The summed E-state index contributed by atoms with van der Waals surface area (Å²) in [5, 5.41) is 10.5. The van der Waals surface area contributed by atoms with Crippen molar-refractivity contribution in [2.24, 2.45) is 11.5 Å². The number of imidazole rings is 1. The maximum atomic E-state index is 13.2. The van der Waals surface area contributed by atoms with Gasteiger partial charge in [0.1, 0.15) is 17.1 Å². The molecule has 2 heterocycles. The van der Waals surface area contributed by atoms with E-state index < -0.39 is 11.8 Å². The fourth-order valence-corrected chi connectivity index (χ4v) is 4.53. The highest BCUT2D eigenvalue weighted by molar-refractivity contribution is 6.03. The molecule has 0 spiro atoms. The molecule has 13 nitrogen and oxygen atoms in total. The van der Waals surface area contributed by atoms with E-state index in [1.165, 1.54) is 6.07 Å². The number of aryl methyl sites for hydroxylation is 2. The number of aromatic nitrogens is 4. The van der Waals surface area contributed by atoms with E-state index in [0.29, 0.717) is 71.6 Å². The number of anilines is 3. The minimum absolute atomic E-state index is 0.267. The summed E-state index contributed by atoms with van der Waals surface area (Å²) in [4.78, 5) is 41.3. The Morgan fingerprint density at radius 2 is 1.79 bits per heavy atom. The van der Waals surface area contributed by atoms with Gasteiger partial charge in [0, 0.05) is 30.8 Å². The normalized spacial score (nSPS) is 11.2. The van der Waals surface area contributed by atoms with Crippen LogP contribution in [0, 0.1) is 6.92 Å². The maximum Gasteiger partial charge on any atom is 0.276 e. The Morgan fingerprint density at radius 3 is 2.49 bits per heavy atom. The highest BCUT2D eigenvalue weighted by atomic mass is 16.5. The number of nitrogen functional groups attached to an aromatic ring is 1. The zero-order chi connectivity index (χ0) is 31.1. The van der Waals surface area contributed by atoms with E-state index in [4.69, 9.17) is 21.9 Å². The van der Waals surface area contributed by atoms with Crippen molar-refractivity contribution in [1.82, 2.24) is 19.3 Å². The number of rotatable bonds is 14. The van der Waals surface area contributed by atoms with Gasteiger partial charge in [-0.1, -0.05) is 25.5 Å². The van der Waals surface area contributed by atoms with Crippen LogP contribution in [-0.4, -0.2) is 50.2 Å². The third-order valence-electron chi connectivity index (χ3n) is 6.72. The largest absolute Gasteiger partial charge is 0.491 e. The molecule has 0 saturated heterocycles. The van der Waals surface area contributed by atoms with Gasteiger partial charge in [-0.15, -0.1) is 0 Å². The molecular weight excluding hydrogens is 550 g/mol. The van der Waals surface area contributed by atoms with Crippen LogP contribution in [0.4, 0.5) is 17.3 Å². The van der Waals surface area contributed by atoms with E-state index in [2.05, 4.69) is 27.6 Å². The number of carbonyl (C=O) groups excluding carboxylic acids is 3. The number of unbranched alkanes of at least 4 members (excludes halogenated alkanes) is 1. The molecule has 0 saturated carbocycles. The van der Waals surface area contributed by atoms with E-state index in [0.717, 1.165) is 18.5 Å². The highest BCUT2D eigenvalue weighted by Crippen LogP contribution is 2.33. The average Bonchev–Trinajstić information content (AvgIpc) is 3.52. The summed E-state index contributed by atoms with van der Waals surface area (Å²) in [6.07, 6.45) is 5.59. The van der Waals surface area contributed by atoms with Crippen molar-refractivity contribution in [3.8, 4) is 5.75 Å². The van der Waals surface area contributed by atoms with E-state index >= 15 is 0 Å². The number of amides is 3. The first-order valence-electron chi connectivity index (χ1n) is 14.0. The number of nitrogens with zero attached hydrogens (tertiary/aromatic N) is 4. The molecule has 0 fully saturated rings. The predicted molar refractivity (Wildman–Crippen MR) is 166 cm³/mol. The van der Waals surface area contributed by atoms with Gasteiger partial charge in [-0.2, -0.15) is 5.10 Å². The molecule has 0 atom stereocenters. The van der Waals surface area contributed by atoms with Gasteiger partial charge in [0.25, 0.3) is 5.91 Å². The van der Waals surface area contributed by atoms with Gasteiger partial charge in [0.05, 0.1) is 29.0 Å². The third kappa shape index (κ3) is 7.12. The number of ether oxygens (including phenoxy) is 1. The molecule has 0 bridgehead atoms. The molecule has 2 aromatic heterocycles. The topological polar surface area (TPSA) is 198 Å². The number of nitrogens with one attached hydrogen (secondary N) is 2. The number of benzene rings is 2. The number of primary amides is 2. The second-order valence-corrected chi connectivity index (χ2v) is 9.91. The minimum Gasteiger partial charge on any atom is -0.491 e. The van der Waals surface area contributed by atoms with Crippen molar-refractivity contribution in [3.05, 3.63) is 71.1 Å². The summed E-state index contributed by atoms with van der Waals surface area (Å²) in [7, 11) is 0. The lowest BCUT2D eigenvalue weighted by Gasteiger charge is -2.16. The zero-order valence-electron chi connectivity index (χ0n) is 24.5. The lowest BCUT2D eigenvalue weighted by atomic mass is 10.1.